The van der Waals surface area contributed by atoms with Crippen LogP contribution in [0.5, 0.6) is 5.75 Å². The van der Waals surface area contributed by atoms with E-state index in [1.54, 1.807) is 14.2 Å². The number of nitrogens with one attached hydrogen (secondary N) is 2. The molecule has 0 amide bonds. The van der Waals surface area contributed by atoms with Crippen LogP contribution in [0.4, 0.5) is 0 Å². The van der Waals surface area contributed by atoms with Crippen molar-refractivity contribution in [3.63, 3.8) is 0 Å². The average molecular weight is 397 g/mol. The van der Waals surface area contributed by atoms with Crippen LogP contribution < -0.4 is 15.4 Å². The van der Waals surface area contributed by atoms with Crippen molar-refractivity contribution in [2.45, 2.75) is 26.6 Å². The highest BCUT2D eigenvalue weighted by Crippen LogP contribution is 2.18. The molecule has 1 aliphatic heterocycles. The summed E-state index contributed by atoms with van der Waals surface area (Å²) in [6, 6.07) is 14.8. The number of rotatable bonds is 7. The molecule has 1 aliphatic rings. The predicted octanol–water partition coefficient (Wildman–Crippen LogP) is 2.70. The molecule has 0 aromatic heterocycles. The largest absolute Gasteiger partial charge is 0.496 e. The maximum atomic E-state index is 5.46. The summed E-state index contributed by atoms with van der Waals surface area (Å²) in [5.41, 5.74) is 4.97. The van der Waals surface area contributed by atoms with Gasteiger partial charge in [-0.25, -0.2) is 0 Å². The number of hydrogen-bond acceptors (Lipinski definition) is 4. The molecule has 1 fully saturated rings. The van der Waals surface area contributed by atoms with Crippen LogP contribution in [-0.2, 0) is 24.4 Å². The molecule has 0 aliphatic carbocycles. The van der Waals surface area contributed by atoms with E-state index >= 15 is 0 Å². The third-order valence-electron chi connectivity index (χ3n) is 5.21. The van der Waals surface area contributed by atoms with Crippen molar-refractivity contribution in [1.82, 2.24) is 15.5 Å². The van der Waals surface area contributed by atoms with Crippen LogP contribution >= 0.6 is 0 Å². The van der Waals surface area contributed by atoms with Gasteiger partial charge in [0.15, 0.2) is 5.96 Å². The number of hydrogen-bond donors (Lipinski definition) is 2. The Bertz CT molecular complexity index is 816. The van der Waals surface area contributed by atoms with Gasteiger partial charge in [-0.3, -0.25) is 9.89 Å². The molecule has 0 spiro atoms. The lowest BCUT2D eigenvalue weighted by atomic mass is 10.1. The number of ether oxygens (including phenoxy) is 2. The molecule has 0 saturated carbocycles. The van der Waals surface area contributed by atoms with Crippen LogP contribution in [0, 0.1) is 6.92 Å². The Morgan fingerprint density at radius 1 is 1.07 bits per heavy atom. The van der Waals surface area contributed by atoms with E-state index in [-0.39, 0.29) is 0 Å². The van der Waals surface area contributed by atoms with Gasteiger partial charge in [-0.15, -0.1) is 0 Å². The van der Waals surface area contributed by atoms with E-state index in [4.69, 9.17) is 9.47 Å². The zero-order chi connectivity index (χ0) is 20.5. The highest BCUT2D eigenvalue weighted by molar-refractivity contribution is 5.79. The first-order chi connectivity index (χ1) is 14.2. The zero-order valence-corrected chi connectivity index (χ0v) is 17.7. The molecule has 1 saturated heterocycles. The van der Waals surface area contributed by atoms with Gasteiger partial charge in [0.1, 0.15) is 5.75 Å². The van der Waals surface area contributed by atoms with E-state index in [1.165, 1.54) is 16.7 Å². The van der Waals surface area contributed by atoms with Gasteiger partial charge >= 0.3 is 0 Å². The first-order valence-corrected chi connectivity index (χ1v) is 10.1. The summed E-state index contributed by atoms with van der Waals surface area (Å²) in [5.74, 6) is 1.70. The van der Waals surface area contributed by atoms with Crippen molar-refractivity contribution in [2.75, 3.05) is 40.5 Å². The lowest BCUT2D eigenvalue weighted by molar-refractivity contribution is 0.0341. The van der Waals surface area contributed by atoms with Crippen molar-refractivity contribution in [1.29, 1.82) is 0 Å². The average Bonchev–Trinajstić information content (AvgIpc) is 2.76. The Balaban J connectivity index is 1.54. The first-order valence-electron chi connectivity index (χ1n) is 10.1. The Morgan fingerprint density at radius 2 is 1.79 bits per heavy atom. The number of aliphatic imine (C=N–C) groups is 1. The molecule has 2 aromatic carbocycles. The van der Waals surface area contributed by atoms with E-state index in [2.05, 4.69) is 63.8 Å². The summed E-state index contributed by atoms with van der Waals surface area (Å²) >= 11 is 0. The molecule has 6 heteroatoms. The molecule has 3 rings (SSSR count). The number of aryl methyl sites for hydroxylation is 1. The minimum absolute atomic E-state index is 0.708. The lowest BCUT2D eigenvalue weighted by Crippen LogP contribution is -2.37. The third kappa shape index (κ3) is 6.21. The highest BCUT2D eigenvalue weighted by atomic mass is 16.5. The van der Waals surface area contributed by atoms with Crippen LogP contribution in [0.2, 0.25) is 0 Å². The molecule has 0 radical (unpaired) electrons. The van der Waals surface area contributed by atoms with E-state index < -0.39 is 0 Å². The summed E-state index contributed by atoms with van der Waals surface area (Å²) < 4.78 is 10.8. The number of guanidine groups is 1. The third-order valence-corrected chi connectivity index (χ3v) is 5.21. The van der Waals surface area contributed by atoms with Crippen LogP contribution in [0.25, 0.3) is 0 Å². The molecule has 2 aromatic rings. The predicted molar refractivity (Wildman–Crippen MR) is 117 cm³/mol. The maximum absolute atomic E-state index is 5.46. The quantitative estimate of drug-likeness (QED) is 0.557. The van der Waals surface area contributed by atoms with Crippen molar-refractivity contribution in [3.8, 4) is 5.75 Å². The van der Waals surface area contributed by atoms with Gasteiger partial charge in [-0.1, -0.05) is 36.4 Å². The van der Waals surface area contributed by atoms with E-state index in [9.17, 15) is 0 Å². The Morgan fingerprint density at radius 3 is 2.48 bits per heavy atom. The molecular formula is C23H32N4O2. The Kier molecular flexibility index (Phi) is 7.90. The summed E-state index contributed by atoms with van der Waals surface area (Å²) in [5, 5.41) is 6.83. The number of morpholine rings is 1. The smallest absolute Gasteiger partial charge is 0.191 e. The fraction of sp³-hybridized carbons (Fsp3) is 0.435. The molecule has 1 heterocycles. The van der Waals surface area contributed by atoms with Crippen LogP contribution in [0.1, 0.15) is 22.3 Å². The second-order valence-corrected chi connectivity index (χ2v) is 7.24. The molecule has 6 nitrogen and oxygen atoms in total. The zero-order valence-electron chi connectivity index (χ0n) is 17.7. The summed E-state index contributed by atoms with van der Waals surface area (Å²) in [7, 11) is 3.50. The molecule has 29 heavy (non-hydrogen) atoms. The number of benzene rings is 2. The van der Waals surface area contributed by atoms with Crippen molar-refractivity contribution >= 4 is 5.96 Å². The van der Waals surface area contributed by atoms with Gasteiger partial charge in [0.25, 0.3) is 0 Å². The van der Waals surface area contributed by atoms with Gasteiger partial charge in [0.2, 0.25) is 0 Å². The summed E-state index contributed by atoms with van der Waals surface area (Å²) in [6.07, 6.45) is 0. The number of nitrogens with zero attached hydrogens (tertiary/aromatic N) is 2. The summed E-state index contributed by atoms with van der Waals surface area (Å²) in [4.78, 5) is 6.81. The highest BCUT2D eigenvalue weighted by Gasteiger charge is 2.12. The second-order valence-electron chi connectivity index (χ2n) is 7.24. The van der Waals surface area contributed by atoms with Crippen molar-refractivity contribution in [2.24, 2.45) is 4.99 Å². The number of methoxy groups -OCH3 is 1. The molecular weight excluding hydrogens is 364 g/mol. The molecule has 0 unspecified atom stereocenters. The van der Waals surface area contributed by atoms with Gasteiger partial charge in [-0.2, -0.15) is 0 Å². The second kappa shape index (κ2) is 10.8. The Hall–Kier alpha value is -2.57. The minimum Gasteiger partial charge on any atom is -0.496 e. The van der Waals surface area contributed by atoms with E-state index in [0.29, 0.717) is 6.54 Å². The molecule has 0 atom stereocenters. The van der Waals surface area contributed by atoms with E-state index in [0.717, 1.165) is 56.7 Å². The topological polar surface area (TPSA) is 58.1 Å². The fourth-order valence-electron chi connectivity index (χ4n) is 3.52. The van der Waals surface area contributed by atoms with E-state index in [1.807, 2.05) is 6.07 Å². The van der Waals surface area contributed by atoms with Crippen LogP contribution in [0.3, 0.4) is 0 Å². The van der Waals surface area contributed by atoms with Gasteiger partial charge in [0, 0.05) is 39.8 Å². The van der Waals surface area contributed by atoms with Crippen LogP contribution in [-0.4, -0.2) is 51.3 Å². The monoisotopic (exact) mass is 396 g/mol. The van der Waals surface area contributed by atoms with Crippen molar-refractivity contribution in [3.05, 3.63) is 64.7 Å². The maximum Gasteiger partial charge on any atom is 0.191 e. The van der Waals surface area contributed by atoms with Gasteiger partial charge < -0.3 is 20.1 Å². The normalized spacial score (nSPS) is 15.2. The first kappa shape index (κ1) is 21.1. The molecule has 0 bridgehead atoms. The molecule has 156 valence electrons. The van der Waals surface area contributed by atoms with Crippen LogP contribution in [0.15, 0.2) is 47.5 Å². The molecule has 2 N–H and O–H groups in total. The Labute approximate surface area is 173 Å². The standard InChI is InChI=1S/C23H32N4O2/c1-18-14-19(8-9-22(18)28-3)15-25-23(24-2)26-16-20-6-4-5-7-21(20)17-27-10-12-29-13-11-27/h4-9,14H,10-13,15-17H2,1-3H3,(H2,24,25,26). The van der Waals surface area contributed by atoms with Gasteiger partial charge in [-0.05, 0) is 35.2 Å². The van der Waals surface area contributed by atoms with Crippen molar-refractivity contribution < 1.29 is 9.47 Å². The SMILES string of the molecule is CN=C(NCc1ccc(OC)c(C)c1)NCc1ccccc1CN1CCOCC1. The van der Waals surface area contributed by atoms with Gasteiger partial charge in [0.05, 0.1) is 20.3 Å². The minimum atomic E-state index is 0.708. The summed E-state index contributed by atoms with van der Waals surface area (Å²) in [6.45, 7) is 8.09. The lowest BCUT2D eigenvalue weighted by Gasteiger charge is -2.27. The fourth-order valence-corrected chi connectivity index (χ4v) is 3.52.